The monoisotopic (exact) mass is 280 g/mol. The van der Waals surface area contributed by atoms with Crippen LogP contribution in [0.2, 0.25) is 0 Å². The number of nitrogens with one attached hydrogen (secondary N) is 2. The molecule has 0 unspecified atom stereocenters. The van der Waals surface area contributed by atoms with Crippen molar-refractivity contribution in [2.24, 2.45) is 5.10 Å². The lowest BCUT2D eigenvalue weighted by Gasteiger charge is -2.04. The van der Waals surface area contributed by atoms with Crippen LogP contribution in [0.4, 0.5) is 0 Å². The number of hydrogen-bond donors (Lipinski definition) is 2. The summed E-state index contributed by atoms with van der Waals surface area (Å²) in [6.45, 7) is 0. The fourth-order valence-corrected chi connectivity index (χ4v) is 2.10. The van der Waals surface area contributed by atoms with Crippen molar-refractivity contribution in [3.63, 3.8) is 0 Å². The highest BCUT2D eigenvalue weighted by Crippen LogP contribution is 2.15. The summed E-state index contributed by atoms with van der Waals surface area (Å²) < 4.78 is 28.7. The Balaban J connectivity index is 2.09. The molecule has 2 aromatic rings. The Labute approximate surface area is 110 Å². The second-order valence-corrected chi connectivity index (χ2v) is 5.16. The first kappa shape index (κ1) is 13.1. The molecule has 0 aliphatic heterocycles. The molecule has 8 heteroatoms. The molecule has 0 fully saturated rings. The van der Waals surface area contributed by atoms with Gasteiger partial charge in [-0.25, -0.2) is 4.98 Å². The van der Waals surface area contributed by atoms with E-state index in [1.165, 1.54) is 25.5 Å². The van der Waals surface area contributed by atoms with E-state index in [0.717, 1.165) is 0 Å². The normalized spacial score (nSPS) is 11.6. The van der Waals surface area contributed by atoms with Crippen LogP contribution in [-0.4, -0.2) is 31.7 Å². The SMILES string of the molecule is COc1ccc(S(=O)(=O)N/N=C/c2ncc[nH]2)cc1. The zero-order chi connectivity index (χ0) is 13.7. The summed E-state index contributed by atoms with van der Waals surface area (Å²) in [5.74, 6) is 1.04. The van der Waals surface area contributed by atoms with Gasteiger partial charge in [0.1, 0.15) is 11.6 Å². The second kappa shape index (κ2) is 5.53. The molecule has 7 nitrogen and oxygen atoms in total. The molecular formula is C11H12N4O3S. The van der Waals surface area contributed by atoms with Gasteiger partial charge < -0.3 is 9.72 Å². The molecule has 1 aromatic heterocycles. The van der Waals surface area contributed by atoms with Gasteiger partial charge in [-0.3, -0.25) is 0 Å². The Kier molecular flexibility index (Phi) is 3.81. The minimum absolute atomic E-state index is 0.102. The van der Waals surface area contributed by atoms with Gasteiger partial charge >= 0.3 is 0 Å². The topological polar surface area (TPSA) is 96.4 Å². The van der Waals surface area contributed by atoms with Gasteiger partial charge in [0.25, 0.3) is 10.0 Å². The molecule has 0 aliphatic rings. The van der Waals surface area contributed by atoms with E-state index in [9.17, 15) is 8.42 Å². The quantitative estimate of drug-likeness (QED) is 0.623. The van der Waals surface area contributed by atoms with Crippen molar-refractivity contribution in [1.82, 2.24) is 14.8 Å². The Morgan fingerprint density at radius 1 is 1.37 bits per heavy atom. The van der Waals surface area contributed by atoms with Gasteiger partial charge in [-0.2, -0.15) is 18.4 Å². The number of hydrogen-bond acceptors (Lipinski definition) is 5. The van der Waals surface area contributed by atoms with Gasteiger partial charge in [0, 0.05) is 12.4 Å². The van der Waals surface area contributed by atoms with Crippen LogP contribution < -0.4 is 9.57 Å². The lowest BCUT2D eigenvalue weighted by Crippen LogP contribution is -2.18. The van der Waals surface area contributed by atoms with Crippen molar-refractivity contribution in [3.8, 4) is 5.75 Å². The predicted octanol–water partition coefficient (Wildman–Crippen LogP) is 0.731. The summed E-state index contributed by atoms with van der Waals surface area (Å²) in [5, 5.41) is 3.62. The molecule has 0 atom stereocenters. The van der Waals surface area contributed by atoms with Gasteiger partial charge in [0.2, 0.25) is 0 Å². The van der Waals surface area contributed by atoms with Crippen molar-refractivity contribution >= 4 is 16.2 Å². The van der Waals surface area contributed by atoms with Crippen LogP contribution in [-0.2, 0) is 10.0 Å². The van der Waals surface area contributed by atoms with E-state index in [1.807, 2.05) is 0 Å². The Morgan fingerprint density at radius 3 is 2.68 bits per heavy atom. The predicted molar refractivity (Wildman–Crippen MR) is 69.5 cm³/mol. The van der Waals surface area contributed by atoms with Crippen LogP contribution in [0.3, 0.4) is 0 Å². The molecule has 1 aromatic carbocycles. The Morgan fingerprint density at radius 2 is 2.11 bits per heavy atom. The lowest BCUT2D eigenvalue weighted by atomic mass is 10.3. The maximum atomic E-state index is 11.9. The summed E-state index contributed by atoms with van der Waals surface area (Å²) in [5.41, 5.74) is 0. The van der Waals surface area contributed by atoms with Crippen molar-refractivity contribution < 1.29 is 13.2 Å². The maximum Gasteiger partial charge on any atom is 0.276 e. The fraction of sp³-hybridized carbons (Fsp3) is 0.0909. The molecule has 2 rings (SSSR count). The van der Waals surface area contributed by atoms with Crippen LogP contribution >= 0.6 is 0 Å². The smallest absolute Gasteiger partial charge is 0.276 e. The zero-order valence-electron chi connectivity index (χ0n) is 10.1. The number of imidazole rings is 1. The molecule has 100 valence electrons. The third-order valence-corrected chi connectivity index (χ3v) is 3.49. The number of H-pyrrole nitrogens is 1. The van der Waals surface area contributed by atoms with Crippen LogP contribution in [0.5, 0.6) is 5.75 Å². The molecule has 0 bridgehead atoms. The number of methoxy groups -OCH3 is 1. The third-order valence-electron chi connectivity index (χ3n) is 2.25. The molecular weight excluding hydrogens is 268 g/mol. The van der Waals surface area contributed by atoms with Crippen LogP contribution in [0, 0.1) is 0 Å². The van der Waals surface area contributed by atoms with Gasteiger partial charge in [-0.05, 0) is 24.3 Å². The van der Waals surface area contributed by atoms with E-state index in [1.54, 1.807) is 24.5 Å². The summed E-state index contributed by atoms with van der Waals surface area (Å²) in [4.78, 5) is 8.84. The molecule has 0 amide bonds. The molecule has 1 heterocycles. The number of sulfonamides is 1. The lowest BCUT2D eigenvalue weighted by molar-refractivity contribution is 0.414. The largest absolute Gasteiger partial charge is 0.497 e. The van der Waals surface area contributed by atoms with Crippen LogP contribution in [0.25, 0.3) is 0 Å². The van der Waals surface area contributed by atoms with E-state index in [-0.39, 0.29) is 4.90 Å². The standard InChI is InChI=1S/C11H12N4O3S/c1-18-9-2-4-10(5-3-9)19(16,17)15-14-8-11-12-6-7-13-11/h2-8,15H,1H3,(H,12,13)/b14-8+. The number of hydrazone groups is 1. The highest BCUT2D eigenvalue weighted by Gasteiger charge is 2.12. The van der Waals surface area contributed by atoms with E-state index in [4.69, 9.17) is 4.74 Å². The first-order valence-corrected chi connectivity index (χ1v) is 6.78. The summed E-state index contributed by atoms with van der Waals surface area (Å²) in [6, 6.07) is 5.99. The number of aromatic amines is 1. The van der Waals surface area contributed by atoms with Crippen LogP contribution in [0.15, 0.2) is 46.7 Å². The highest BCUT2D eigenvalue weighted by molar-refractivity contribution is 7.89. The first-order valence-electron chi connectivity index (χ1n) is 5.30. The number of aromatic nitrogens is 2. The first-order chi connectivity index (χ1) is 9.12. The summed E-state index contributed by atoms with van der Waals surface area (Å²) >= 11 is 0. The average molecular weight is 280 g/mol. The van der Waals surface area contributed by atoms with Gasteiger partial charge in [0.15, 0.2) is 0 Å². The number of ether oxygens (including phenoxy) is 1. The third kappa shape index (κ3) is 3.32. The molecule has 0 saturated heterocycles. The molecule has 0 saturated carbocycles. The van der Waals surface area contributed by atoms with E-state index in [2.05, 4.69) is 19.9 Å². The number of benzene rings is 1. The van der Waals surface area contributed by atoms with Crippen molar-refractivity contribution in [2.75, 3.05) is 7.11 Å². The summed E-state index contributed by atoms with van der Waals surface area (Å²) in [6.07, 6.45) is 4.43. The van der Waals surface area contributed by atoms with E-state index >= 15 is 0 Å². The number of nitrogens with zero attached hydrogens (tertiary/aromatic N) is 2. The van der Waals surface area contributed by atoms with Crippen molar-refractivity contribution in [3.05, 3.63) is 42.5 Å². The van der Waals surface area contributed by atoms with Gasteiger partial charge in [0.05, 0.1) is 18.2 Å². The summed E-state index contributed by atoms with van der Waals surface area (Å²) in [7, 11) is -2.17. The Bertz CT molecular complexity index is 648. The fourth-order valence-electron chi connectivity index (χ4n) is 1.31. The number of rotatable bonds is 5. The molecule has 19 heavy (non-hydrogen) atoms. The Hall–Kier alpha value is -2.35. The van der Waals surface area contributed by atoms with Crippen molar-refractivity contribution in [2.45, 2.75) is 4.90 Å². The molecule has 2 N–H and O–H groups in total. The van der Waals surface area contributed by atoms with E-state index in [0.29, 0.717) is 11.6 Å². The molecule has 0 radical (unpaired) electrons. The maximum absolute atomic E-state index is 11.9. The second-order valence-electron chi connectivity index (χ2n) is 3.50. The van der Waals surface area contributed by atoms with E-state index < -0.39 is 10.0 Å². The van der Waals surface area contributed by atoms with Crippen LogP contribution in [0.1, 0.15) is 5.82 Å². The minimum Gasteiger partial charge on any atom is -0.497 e. The van der Waals surface area contributed by atoms with Crippen molar-refractivity contribution in [1.29, 1.82) is 0 Å². The zero-order valence-corrected chi connectivity index (χ0v) is 10.9. The molecule has 0 aliphatic carbocycles. The van der Waals surface area contributed by atoms with Gasteiger partial charge in [-0.15, -0.1) is 0 Å². The van der Waals surface area contributed by atoms with Gasteiger partial charge in [-0.1, -0.05) is 0 Å². The average Bonchev–Trinajstić information content (AvgIpc) is 2.92. The highest BCUT2D eigenvalue weighted by atomic mass is 32.2. The molecule has 0 spiro atoms. The minimum atomic E-state index is -3.68.